The summed E-state index contributed by atoms with van der Waals surface area (Å²) in [4.78, 5) is 37.0. The van der Waals surface area contributed by atoms with E-state index in [1.54, 1.807) is 42.5 Å². The molecule has 0 bridgehead atoms. The zero-order chi connectivity index (χ0) is 18.0. The van der Waals surface area contributed by atoms with Crippen molar-refractivity contribution in [3.05, 3.63) is 58.6 Å². The lowest BCUT2D eigenvalue weighted by molar-refractivity contribution is -0.113. The number of esters is 1. The van der Waals surface area contributed by atoms with Crippen molar-refractivity contribution in [3.8, 4) is 0 Å². The molecule has 7 heteroatoms. The molecule has 1 atom stereocenters. The number of hydrogen-bond acceptors (Lipinski definition) is 5. The summed E-state index contributed by atoms with van der Waals surface area (Å²) in [6.07, 6.45) is -0.936. The minimum Gasteiger partial charge on any atom is -0.451 e. The van der Waals surface area contributed by atoms with Crippen LogP contribution in [0.2, 0.25) is 5.02 Å². The van der Waals surface area contributed by atoms with Crippen LogP contribution in [0.3, 0.4) is 0 Å². The predicted octanol–water partition coefficient (Wildman–Crippen LogP) is 3.81. The number of halogens is 1. The van der Waals surface area contributed by atoms with Crippen molar-refractivity contribution in [1.29, 1.82) is 0 Å². The Morgan fingerprint density at radius 3 is 2.56 bits per heavy atom. The van der Waals surface area contributed by atoms with E-state index in [1.165, 1.54) is 18.7 Å². The minimum atomic E-state index is -0.936. The van der Waals surface area contributed by atoms with Crippen molar-refractivity contribution in [2.45, 2.75) is 17.9 Å². The first-order chi connectivity index (χ1) is 11.9. The van der Waals surface area contributed by atoms with Gasteiger partial charge in [0.15, 0.2) is 6.10 Å². The zero-order valence-electron chi connectivity index (χ0n) is 13.2. The van der Waals surface area contributed by atoms with Crippen LogP contribution in [-0.4, -0.2) is 29.5 Å². The summed E-state index contributed by atoms with van der Waals surface area (Å²) in [5.41, 5.74) is 1.27. The van der Waals surface area contributed by atoms with E-state index in [0.29, 0.717) is 22.0 Å². The van der Waals surface area contributed by atoms with Gasteiger partial charge in [0, 0.05) is 15.5 Å². The van der Waals surface area contributed by atoms with Gasteiger partial charge in [0.1, 0.15) is 0 Å². The van der Waals surface area contributed by atoms with E-state index in [9.17, 15) is 14.4 Å². The molecule has 1 aliphatic heterocycles. The number of fused-ring (bicyclic) bond motifs is 1. The van der Waals surface area contributed by atoms with Gasteiger partial charge in [-0.15, -0.1) is 11.8 Å². The summed E-state index contributed by atoms with van der Waals surface area (Å²) >= 11 is 7.21. The van der Waals surface area contributed by atoms with Crippen molar-refractivity contribution in [2.24, 2.45) is 0 Å². The molecule has 0 saturated carbocycles. The fourth-order valence-electron chi connectivity index (χ4n) is 2.34. The molecule has 2 aromatic carbocycles. The molecule has 2 aromatic rings. The quantitative estimate of drug-likeness (QED) is 0.649. The molecule has 1 aliphatic rings. The van der Waals surface area contributed by atoms with Crippen LogP contribution < -0.4 is 5.32 Å². The first kappa shape index (κ1) is 17.5. The fraction of sp³-hybridized carbons (Fsp3) is 0.167. The third-order valence-corrected chi connectivity index (χ3v) is 4.96. The maximum absolute atomic E-state index is 12.3. The van der Waals surface area contributed by atoms with Crippen molar-refractivity contribution >= 4 is 46.7 Å². The number of hydrogen-bond donors (Lipinski definition) is 1. The van der Waals surface area contributed by atoms with Gasteiger partial charge in [0.25, 0.3) is 0 Å². The van der Waals surface area contributed by atoms with Gasteiger partial charge in [0.2, 0.25) is 11.7 Å². The SMILES string of the molecule is C[C@@H](OC(=O)c1ccc2c(c1)NC(=O)CS2)C(=O)c1ccc(Cl)cc1. The van der Waals surface area contributed by atoms with E-state index in [1.807, 2.05) is 0 Å². The number of ketones is 1. The van der Waals surface area contributed by atoms with Crippen LogP contribution in [0.25, 0.3) is 0 Å². The highest BCUT2D eigenvalue weighted by Gasteiger charge is 2.22. The van der Waals surface area contributed by atoms with Crippen molar-refractivity contribution in [2.75, 3.05) is 11.1 Å². The van der Waals surface area contributed by atoms with E-state index >= 15 is 0 Å². The Labute approximate surface area is 153 Å². The van der Waals surface area contributed by atoms with Gasteiger partial charge >= 0.3 is 5.97 Å². The molecular formula is C18H14ClNO4S. The number of Topliss-reactive ketones (excluding diaryl/α,β-unsaturated/α-hetero) is 1. The summed E-state index contributed by atoms with van der Waals surface area (Å²) < 4.78 is 5.26. The number of ether oxygens (including phenoxy) is 1. The Bertz CT molecular complexity index is 851. The monoisotopic (exact) mass is 375 g/mol. The molecule has 5 nitrogen and oxygen atoms in total. The van der Waals surface area contributed by atoms with Crippen LogP contribution in [0.5, 0.6) is 0 Å². The van der Waals surface area contributed by atoms with Gasteiger partial charge in [-0.05, 0) is 49.4 Å². The summed E-state index contributed by atoms with van der Waals surface area (Å²) in [5.74, 6) is -0.702. The lowest BCUT2D eigenvalue weighted by Gasteiger charge is -2.17. The molecule has 1 N–H and O–H groups in total. The molecular weight excluding hydrogens is 362 g/mol. The zero-order valence-corrected chi connectivity index (χ0v) is 14.8. The first-order valence-corrected chi connectivity index (χ1v) is 8.88. The van der Waals surface area contributed by atoms with Crippen LogP contribution in [0, 0.1) is 0 Å². The highest BCUT2D eigenvalue weighted by Crippen LogP contribution is 2.32. The van der Waals surface area contributed by atoms with Gasteiger partial charge < -0.3 is 10.1 Å². The van der Waals surface area contributed by atoms with Crippen LogP contribution in [0.4, 0.5) is 5.69 Å². The van der Waals surface area contributed by atoms with Crippen molar-refractivity contribution < 1.29 is 19.1 Å². The summed E-state index contributed by atoms with van der Waals surface area (Å²) in [5, 5.41) is 3.24. The smallest absolute Gasteiger partial charge is 0.338 e. The lowest BCUT2D eigenvalue weighted by atomic mass is 10.1. The first-order valence-electron chi connectivity index (χ1n) is 7.51. The number of thioether (sulfide) groups is 1. The standard InChI is InChI=1S/C18H14ClNO4S/c1-10(17(22)11-2-5-13(19)6-3-11)24-18(23)12-4-7-15-14(8-12)20-16(21)9-25-15/h2-8,10H,9H2,1H3,(H,20,21)/t10-/m1/s1. The van der Waals surface area contributed by atoms with Crippen molar-refractivity contribution in [3.63, 3.8) is 0 Å². The van der Waals surface area contributed by atoms with E-state index < -0.39 is 12.1 Å². The average Bonchev–Trinajstić information content (AvgIpc) is 2.61. The molecule has 0 unspecified atom stereocenters. The minimum absolute atomic E-state index is 0.116. The highest BCUT2D eigenvalue weighted by atomic mass is 35.5. The number of nitrogens with one attached hydrogen (secondary N) is 1. The average molecular weight is 376 g/mol. The summed E-state index contributed by atoms with van der Waals surface area (Å²) in [6, 6.07) is 11.3. The topological polar surface area (TPSA) is 72.5 Å². The molecule has 1 heterocycles. The molecule has 0 fully saturated rings. The molecule has 0 spiro atoms. The summed E-state index contributed by atoms with van der Waals surface area (Å²) in [7, 11) is 0. The second-order valence-corrected chi connectivity index (χ2v) is 6.92. The van der Waals surface area contributed by atoms with Crippen LogP contribution in [0.1, 0.15) is 27.6 Å². The van der Waals surface area contributed by atoms with E-state index in [0.717, 1.165) is 4.90 Å². The van der Waals surface area contributed by atoms with Gasteiger partial charge in [0.05, 0.1) is 17.0 Å². The van der Waals surface area contributed by atoms with Gasteiger partial charge in [-0.1, -0.05) is 11.6 Å². The Hall–Kier alpha value is -2.31. The third kappa shape index (κ3) is 4.03. The number of anilines is 1. The van der Waals surface area contributed by atoms with Crippen LogP contribution >= 0.6 is 23.4 Å². The third-order valence-electron chi connectivity index (χ3n) is 3.63. The molecule has 0 saturated heterocycles. The number of carbonyl (C=O) groups excluding carboxylic acids is 3. The summed E-state index contributed by atoms with van der Waals surface area (Å²) in [6.45, 7) is 1.52. The molecule has 3 rings (SSSR count). The Balaban J connectivity index is 1.71. The number of carbonyl (C=O) groups is 3. The Morgan fingerprint density at radius 1 is 1.16 bits per heavy atom. The molecule has 128 valence electrons. The number of benzene rings is 2. The molecule has 0 radical (unpaired) electrons. The molecule has 0 aliphatic carbocycles. The number of amides is 1. The molecule has 0 aromatic heterocycles. The highest BCUT2D eigenvalue weighted by molar-refractivity contribution is 8.00. The van der Waals surface area contributed by atoms with E-state index in [-0.39, 0.29) is 17.3 Å². The van der Waals surface area contributed by atoms with Crippen molar-refractivity contribution in [1.82, 2.24) is 0 Å². The normalized spacial score (nSPS) is 14.2. The Kier molecular flexibility index (Phi) is 5.11. The maximum atomic E-state index is 12.3. The van der Waals surface area contributed by atoms with Gasteiger partial charge in [-0.3, -0.25) is 9.59 Å². The predicted molar refractivity (Wildman–Crippen MR) is 96.5 cm³/mol. The van der Waals surface area contributed by atoms with Gasteiger partial charge in [-0.2, -0.15) is 0 Å². The Morgan fingerprint density at radius 2 is 1.84 bits per heavy atom. The van der Waals surface area contributed by atoms with Crippen LogP contribution in [0.15, 0.2) is 47.4 Å². The lowest BCUT2D eigenvalue weighted by Crippen LogP contribution is -2.25. The van der Waals surface area contributed by atoms with Crippen LogP contribution in [-0.2, 0) is 9.53 Å². The van der Waals surface area contributed by atoms with Gasteiger partial charge in [-0.25, -0.2) is 4.79 Å². The number of rotatable bonds is 4. The largest absolute Gasteiger partial charge is 0.451 e. The maximum Gasteiger partial charge on any atom is 0.338 e. The van der Waals surface area contributed by atoms with E-state index in [4.69, 9.17) is 16.3 Å². The molecule has 1 amide bonds. The fourth-order valence-corrected chi connectivity index (χ4v) is 3.26. The second kappa shape index (κ2) is 7.29. The van der Waals surface area contributed by atoms with E-state index in [2.05, 4.69) is 5.32 Å². The molecule has 25 heavy (non-hydrogen) atoms. The second-order valence-electron chi connectivity index (χ2n) is 5.47.